The fourth-order valence-corrected chi connectivity index (χ4v) is 4.20. The van der Waals surface area contributed by atoms with Gasteiger partial charge in [-0.25, -0.2) is 0 Å². The second-order valence-electron chi connectivity index (χ2n) is 8.55. The average Bonchev–Trinajstić information content (AvgIpc) is 3.23. The highest BCUT2D eigenvalue weighted by Crippen LogP contribution is 2.40. The van der Waals surface area contributed by atoms with Crippen molar-refractivity contribution in [1.82, 2.24) is 15.5 Å². The van der Waals surface area contributed by atoms with Gasteiger partial charge in [0.25, 0.3) is 12.4 Å². The van der Waals surface area contributed by atoms with E-state index in [0.29, 0.717) is 51.1 Å². The zero-order valence-electron chi connectivity index (χ0n) is 18.3. The molecule has 174 valence electrons. The number of nitrogens with one attached hydrogen (secondary N) is 2. The van der Waals surface area contributed by atoms with Gasteiger partial charge in [0.05, 0.1) is 29.5 Å². The molecule has 0 radical (unpaired) electrons. The van der Waals surface area contributed by atoms with Crippen LogP contribution in [0.2, 0.25) is 0 Å². The smallest absolute Gasteiger partial charge is 0.290 e. The molecule has 4 N–H and O–H groups in total. The zero-order valence-corrected chi connectivity index (χ0v) is 18.3. The number of furan rings is 1. The second kappa shape index (κ2) is 10.7. The first kappa shape index (κ1) is 24.8. The molecule has 2 saturated heterocycles. The van der Waals surface area contributed by atoms with Crippen LogP contribution in [-0.2, 0) is 14.3 Å². The number of aliphatic hydroxyl groups is 1. The van der Waals surface area contributed by atoms with E-state index in [1.165, 1.54) is 12.5 Å². The Morgan fingerprint density at radius 2 is 1.97 bits per heavy atom. The summed E-state index contributed by atoms with van der Waals surface area (Å²) in [5.74, 6) is -0.261. The lowest BCUT2D eigenvalue weighted by atomic mass is 9.73. The number of likely N-dealkylation sites (tertiary alicyclic amines) is 1. The third-order valence-corrected chi connectivity index (χ3v) is 5.81. The number of ether oxygens (including phenoxy) is 1. The van der Waals surface area contributed by atoms with Gasteiger partial charge in [-0.1, -0.05) is 0 Å². The van der Waals surface area contributed by atoms with Crippen LogP contribution in [-0.4, -0.2) is 82.9 Å². The molecule has 0 aromatic carbocycles. The molecule has 1 aromatic heterocycles. The molecule has 3 heterocycles. The van der Waals surface area contributed by atoms with Crippen molar-refractivity contribution >= 4 is 18.3 Å². The van der Waals surface area contributed by atoms with Gasteiger partial charge in [-0.3, -0.25) is 19.3 Å². The Morgan fingerprint density at radius 3 is 2.52 bits per heavy atom. The quantitative estimate of drug-likeness (QED) is 0.489. The van der Waals surface area contributed by atoms with Gasteiger partial charge in [-0.05, 0) is 46.1 Å². The second-order valence-corrected chi connectivity index (χ2v) is 8.55. The van der Waals surface area contributed by atoms with Crippen LogP contribution in [0, 0.1) is 0 Å². The summed E-state index contributed by atoms with van der Waals surface area (Å²) < 4.78 is 11.0. The summed E-state index contributed by atoms with van der Waals surface area (Å²) in [6.45, 7) is 7.62. The van der Waals surface area contributed by atoms with E-state index >= 15 is 0 Å². The summed E-state index contributed by atoms with van der Waals surface area (Å²) >= 11 is 0. The van der Waals surface area contributed by atoms with E-state index in [1.54, 1.807) is 6.07 Å². The fraction of sp³-hybridized carbons (Fsp3) is 0.667. The number of aliphatic hydroxyl groups excluding tert-OH is 1. The summed E-state index contributed by atoms with van der Waals surface area (Å²) in [4.78, 5) is 34.9. The summed E-state index contributed by atoms with van der Waals surface area (Å²) in [6.07, 6.45) is 3.75. The van der Waals surface area contributed by atoms with Crippen molar-refractivity contribution in [3.05, 3.63) is 24.2 Å². The molecule has 2 atom stereocenters. The summed E-state index contributed by atoms with van der Waals surface area (Å²) in [7, 11) is 0. The number of hydrogen-bond acceptors (Lipinski definition) is 7. The third kappa shape index (κ3) is 6.28. The highest BCUT2D eigenvalue weighted by Gasteiger charge is 2.53. The minimum Gasteiger partial charge on any atom is -0.483 e. The molecule has 31 heavy (non-hydrogen) atoms. The maximum atomic E-state index is 12.5. The normalized spacial score (nSPS) is 25.4. The molecule has 10 nitrogen and oxygen atoms in total. The van der Waals surface area contributed by atoms with Gasteiger partial charge in [0.15, 0.2) is 0 Å². The topological polar surface area (TPSA) is 141 Å². The van der Waals surface area contributed by atoms with Crippen LogP contribution in [0.4, 0.5) is 0 Å². The summed E-state index contributed by atoms with van der Waals surface area (Å²) in [6, 6.07) is 1.72. The first-order valence-electron chi connectivity index (χ1n) is 10.4. The molecule has 2 fully saturated rings. The van der Waals surface area contributed by atoms with Crippen molar-refractivity contribution in [2.75, 3.05) is 26.2 Å². The van der Waals surface area contributed by atoms with Gasteiger partial charge in [0, 0.05) is 25.7 Å². The molecule has 2 aliphatic rings. The van der Waals surface area contributed by atoms with Crippen LogP contribution < -0.4 is 10.6 Å². The molecule has 0 saturated carbocycles. The van der Waals surface area contributed by atoms with Crippen LogP contribution in [0.5, 0.6) is 0 Å². The number of carboxylic acid groups (broad SMARTS) is 1. The zero-order chi connectivity index (χ0) is 23.1. The number of carbonyl (C=O) groups excluding carboxylic acids is 2. The maximum absolute atomic E-state index is 12.5. The molecular formula is C21H33N3O7. The molecule has 10 heteroatoms. The number of hydrogen-bond donors (Lipinski definition) is 4. The highest BCUT2D eigenvalue weighted by atomic mass is 16.5. The molecular weight excluding hydrogens is 406 g/mol. The molecule has 0 unspecified atom stereocenters. The van der Waals surface area contributed by atoms with Gasteiger partial charge < -0.3 is 30.0 Å². The summed E-state index contributed by atoms with van der Waals surface area (Å²) in [5, 5.41) is 23.9. The largest absolute Gasteiger partial charge is 0.483 e. The van der Waals surface area contributed by atoms with Crippen LogP contribution in [0.3, 0.4) is 0 Å². The Labute approximate surface area is 181 Å². The van der Waals surface area contributed by atoms with E-state index in [1.807, 2.05) is 20.8 Å². The van der Waals surface area contributed by atoms with Crippen LogP contribution in [0.25, 0.3) is 0 Å². The molecule has 1 spiro atoms. The Balaban J connectivity index is 0.00000107. The van der Waals surface area contributed by atoms with E-state index in [0.717, 1.165) is 0 Å². The lowest BCUT2D eigenvalue weighted by Gasteiger charge is -2.53. The van der Waals surface area contributed by atoms with E-state index in [-0.39, 0.29) is 24.3 Å². The Morgan fingerprint density at radius 1 is 1.32 bits per heavy atom. The Hall–Kier alpha value is -2.43. The summed E-state index contributed by atoms with van der Waals surface area (Å²) in [5.41, 5.74) is -1.06. The monoisotopic (exact) mass is 439 g/mol. The lowest BCUT2D eigenvalue weighted by Crippen LogP contribution is -2.69. The standard InChI is InChI=1S/C20H31N3O5.CH2O2/c1-14(2)21-16(24)12-23-8-5-20(6-9-23)18(26)19(3,7-11-28-20)22-17(25)15-4-10-27-13-15;2-1-3/h4,10,13-14,18,26H,5-9,11-12H2,1-3H3,(H,21,24)(H,22,25);1H,(H,2,3)/t18-,19+;/m1./s1. The Bertz CT molecular complexity index is 729. The Kier molecular flexibility index (Phi) is 8.60. The van der Waals surface area contributed by atoms with Gasteiger partial charge >= 0.3 is 0 Å². The third-order valence-electron chi connectivity index (χ3n) is 5.81. The van der Waals surface area contributed by atoms with Gasteiger partial charge in [-0.15, -0.1) is 0 Å². The van der Waals surface area contributed by atoms with Crippen molar-refractivity contribution in [2.45, 2.75) is 63.3 Å². The maximum Gasteiger partial charge on any atom is 0.290 e. The minimum atomic E-state index is -0.837. The molecule has 3 rings (SSSR count). The van der Waals surface area contributed by atoms with Gasteiger partial charge in [0.2, 0.25) is 5.91 Å². The number of carbonyl (C=O) groups is 3. The first-order chi connectivity index (χ1) is 14.7. The molecule has 2 amide bonds. The molecule has 2 aliphatic heterocycles. The van der Waals surface area contributed by atoms with E-state index in [2.05, 4.69) is 15.5 Å². The predicted octanol–water partition coefficient (Wildman–Crippen LogP) is 0.609. The molecule has 1 aromatic rings. The van der Waals surface area contributed by atoms with Crippen molar-refractivity contribution in [2.24, 2.45) is 0 Å². The average molecular weight is 440 g/mol. The number of piperidine rings is 1. The fourth-order valence-electron chi connectivity index (χ4n) is 4.20. The number of nitrogens with zero attached hydrogens (tertiary/aromatic N) is 1. The van der Waals surface area contributed by atoms with Crippen LogP contribution in [0.15, 0.2) is 23.0 Å². The predicted molar refractivity (Wildman–Crippen MR) is 112 cm³/mol. The van der Waals surface area contributed by atoms with Crippen LogP contribution >= 0.6 is 0 Å². The van der Waals surface area contributed by atoms with E-state index < -0.39 is 17.2 Å². The van der Waals surface area contributed by atoms with Crippen molar-refractivity contribution in [3.8, 4) is 0 Å². The molecule has 0 aliphatic carbocycles. The SMILES string of the molecule is CC(C)NC(=O)CN1CCC2(CC1)OCC[C@](C)(NC(=O)c1ccoc1)[C@H]2O.O=CO. The van der Waals surface area contributed by atoms with Gasteiger partial charge in [0.1, 0.15) is 12.4 Å². The van der Waals surface area contributed by atoms with Crippen molar-refractivity contribution in [1.29, 1.82) is 0 Å². The van der Waals surface area contributed by atoms with Crippen molar-refractivity contribution in [3.63, 3.8) is 0 Å². The van der Waals surface area contributed by atoms with E-state index in [9.17, 15) is 14.7 Å². The minimum absolute atomic E-state index is 0.00766. The number of rotatable bonds is 5. The molecule has 0 bridgehead atoms. The number of amides is 2. The van der Waals surface area contributed by atoms with E-state index in [4.69, 9.17) is 19.1 Å². The lowest BCUT2D eigenvalue weighted by molar-refractivity contribution is -0.205. The highest BCUT2D eigenvalue weighted by molar-refractivity contribution is 5.94. The first-order valence-corrected chi connectivity index (χ1v) is 10.4. The van der Waals surface area contributed by atoms with Crippen molar-refractivity contribution < 1.29 is 33.8 Å². The van der Waals surface area contributed by atoms with Gasteiger partial charge in [-0.2, -0.15) is 0 Å². The van der Waals surface area contributed by atoms with Crippen LogP contribution in [0.1, 0.15) is 50.4 Å².